The van der Waals surface area contributed by atoms with Gasteiger partial charge in [-0.1, -0.05) is 23.9 Å². The van der Waals surface area contributed by atoms with Crippen LogP contribution in [-0.2, 0) is 9.53 Å². The number of cyclic esters (lactones) is 1. The molecule has 3 aromatic rings. The monoisotopic (exact) mass is 385 g/mol. The van der Waals surface area contributed by atoms with Crippen molar-refractivity contribution < 1.29 is 18.7 Å². The van der Waals surface area contributed by atoms with Crippen molar-refractivity contribution in [3.63, 3.8) is 0 Å². The molecule has 1 atom stereocenters. The number of halogens is 1. The normalized spacial score (nSPS) is 16.4. The van der Waals surface area contributed by atoms with Crippen LogP contribution in [0.2, 0.25) is 0 Å². The lowest BCUT2D eigenvalue weighted by Crippen LogP contribution is -2.11. The van der Waals surface area contributed by atoms with Crippen molar-refractivity contribution in [3.05, 3.63) is 54.3 Å². The Morgan fingerprint density at radius 2 is 1.96 bits per heavy atom. The number of methoxy groups -OCH3 is 1. The van der Waals surface area contributed by atoms with Crippen LogP contribution in [0.3, 0.4) is 0 Å². The Morgan fingerprint density at radius 1 is 1.19 bits per heavy atom. The second kappa shape index (κ2) is 7.40. The first-order valence-corrected chi connectivity index (χ1v) is 9.23. The maximum atomic E-state index is 14.5. The summed E-state index contributed by atoms with van der Waals surface area (Å²) in [6.45, 7) is 0.385. The molecule has 0 spiro atoms. The summed E-state index contributed by atoms with van der Waals surface area (Å²) in [6.07, 6.45) is 0.589. The molecule has 2 aromatic carbocycles. The third-order valence-electron chi connectivity index (χ3n) is 4.21. The van der Waals surface area contributed by atoms with E-state index >= 15 is 0 Å². The molecular formula is C19H16FN3O3S. The van der Waals surface area contributed by atoms with Gasteiger partial charge in [0.25, 0.3) is 0 Å². The van der Waals surface area contributed by atoms with Crippen molar-refractivity contribution in [1.82, 2.24) is 14.8 Å². The number of carbonyl (C=O) groups excluding carboxylic acids is 1. The standard InChI is InChI=1S/C19H16FN3O3S/c1-25-13-8-6-12(7-9-13)17-21-22-19(27-16-10-11-26-18(16)24)23(17)15-5-3-2-4-14(15)20/h2-9,16H,10-11H2,1H3/t16-/m1/s1. The van der Waals surface area contributed by atoms with Crippen molar-refractivity contribution in [2.75, 3.05) is 13.7 Å². The predicted molar refractivity (Wildman–Crippen MR) is 98.5 cm³/mol. The van der Waals surface area contributed by atoms with E-state index in [0.717, 1.165) is 5.56 Å². The first-order chi connectivity index (χ1) is 13.2. The summed E-state index contributed by atoms with van der Waals surface area (Å²) in [5, 5.41) is 8.55. The molecule has 1 fully saturated rings. The van der Waals surface area contributed by atoms with E-state index in [1.807, 2.05) is 12.1 Å². The zero-order valence-electron chi connectivity index (χ0n) is 14.5. The molecule has 27 heavy (non-hydrogen) atoms. The van der Waals surface area contributed by atoms with Gasteiger partial charge in [0.05, 0.1) is 19.4 Å². The summed E-state index contributed by atoms with van der Waals surface area (Å²) in [4.78, 5) is 11.9. The van der Waals surface area contributed by atoms with Gasteiger partial charge in [0.15, 0.2) is 11.0 Å². The van der Waals surface area contributed by atoms with E-state index in [1.165, 1.54) is 17.8 Å². The minimum atomic E-state index is -0.400. The zero-order valence-corrected chi connectivity index (χ0v) is 15.3. The molecule has 0 radical (unpaired) electrons. The number of thioether (sulfide) groups is 1. The SMILES string of the molecule is COc1ccc(-c2nnc(S[C@@H]3CCOC3=O)n2-c2ccccc2F)cc1. The van der Waals surface area contributed by atoms with Crippen LogP contribution in [0.25, 0.3) is 17.1 Å². The molecule has 0 unspecified atom stereocenters. The highest BCUT2D eigenvalue weighted by Gasteiger charge is 2.30. The maximum Gasteiger partial charge on any atom is 0.319 e. The highest BCUT2D eigenvalue weighted by atomic mass is 32.2. The van der Waals surface area contributed by atoms with Crippen molar-refractivity contribution in [3.8, 4) is 22.8 Å². The van der Waals surface area contributed by atoms with E-state index in [0.29, 0.717) is 35.4 Å². The average Bonchev–Trinajstić information content (AvgIpc) is 3.29. The number of aromatic nitrogens is 3. The molecule has 4 rings (SSSR count). The van der Waals surface area contributed by atoms with E-state index in [9.17, 15) is 9.18 Å². The molecule has 0 amide bonds. The van der Waals surface area contributed by atoms with Crippen LogP contribution in [-0.4, -0.2) is 39.7 Å². The molecule has 6 nitrogen and oxygen atoms in total. The van der Waals surface area contributed by atoms with Crippen molar-refractivity contribution in [2.45, 2.75) is 16.8 Å². The van der Waals surface area contributed by atoms with Crippen LogP contribution >= 0.6 is 11.8 Å². The quantitative estimate of drug-likeness (QED) is 0.627. The average molecular weight is 385 g/mol. The predicted octanol–water partition coefficient (Wildman–Crippen LogP) is 3.49. The summed E-state index contributed by atoms with van der Waals surface area (Å²) >= 11 is 1.24. The highest BCUT2D eigenvalue weighted by molar-refractivity contribution is 8.00. The molecule has 0 N–H and O–H groups in total. The fourth-order valence-corrected chi connectivity index (χ4v) is 3.85. The first-order valence-electron chi connectivity index (χ1n) is 8.35. The molecule has 2 heterocycles. The minimum absolute atomic E-state index is 0.283. The molecule has 1 aliphatic rings. The van der Waals surface area contributed by atoms with Crippen LogP contribution in [0.15, 0.2) is 53.7 Å². The van der Waals surface area contributed by atoms with Gasteiger partial charge in [0.2, 0.25) is 0 Å². The Balaban J connectivity index is 1.81. The summed E-state index contributed by atoms with van der Waals surface area (Å²) in [5.74, 6) is 0.507. The van der Waals surface area contributed by atoms with Crippen molar-refractivity contribution >= 4 is 17.7 Å². The van der Waals surface area contributed by atoms with E-state index in [-0.39, 0.29) is 11.2 Å². The summed E-state index contributed by atoms with van der Waals surface area (Å²) in [7, 11) is 1.59. The fraction of sp³-hybridized carbons (Fsp3) is 0.211. The van der Waals surface area contributed by atoms with E-state index < -0.39 is 5.82 Å². The summed E-state index contributed by atoms with van der Waals surface area (Å²) in [6, 6.07) is 13.7. The third kappa shape index (κ3) is 3.40. The lowest BCUT2D eigenvalue weighted by Gasteiger charge is -2.12. The van der Waals surface area contributed by atoms with E-state index in [1.54, 1.807) is 42.0 Å². The van der Waals surface area contributed by atoms with Gasteiger partial charge in [-0.15, -0.1) is 10.2 Å². The second-order valence-corrected chi connectivity index (χ2v) is 7.05. The molecule has 1 aliphatic heterocycles. The Kier molecular flexibility index (Phi) is 4.81. The molecule has 0 bridgehead atoms. The summed E-state index contributed by atoms with van der Waals surface area (Å²) < 4.78 is 26.4. The fourth-order valence-electron chi connectivity index (χ4n) is 2.84. The van der Waals surface area contributed by atoms with Gasteiger partial charge in [0.1, 0.15) is 16.8 Å². The highest BCUT2D eigenvalue weighted by Crippen LogP contribution is 2.34. The first kappa shape index (κ1) is 17.5. The van der Waals surface area contributed by atoms with Crippen molar-refractivity contribution in [2.24, 2.45) is 0 Å². The topological polar surface area (TPSA) is 66.2 Å². The number of hydrogen-bond donors (Lipinski definition) is 0. The molecule has 1 saturated heterocycles. The van der Waals surface area contributed by atoms with Crippen LogP contribution in [0.5, 0.6) is 5.75 Å². The number of hydrogen-bond acceptors (Lipinski definition) is 6. The molecule has 8 heteroatoms. The van der Waals surface area contributed by atoms with Gasteiger partial charge in [-0.2, -0.15) is 0 Å². The number of nitrogens with zero attached hydrogens (tertiary/aromatic N) is 3. The maximum absolute atomic E-state index is 14.5. The molecule has 138 valence electrons. The molecular weight excluding hydrogens is 369 g/mol. The second-order valence-electron chi connectivity index (χ2n) is 5.88. The zero-order chi connectivity index (χ0) is 18.8. The van der Waals surface area contributed by atoms with Gasteiger partial charge >= 0.3 is 5.97 Å². The van der Waals surface area contributed by atoms with Crippen LogP contribution in [0.4, 0.5) is 4.39 Å². The van der Waals surface area contributed by atoms with E-state index in [2.05, 4.69) is 10.2 Å². The smallest absolute Gasteiger partial charge is 0.319 e. The number of para-hydroxylation sites is 1. The van der Waals surface area contributed by atoms with Crippen LogP contribution in [0, 0.1) is 5.82 Å². The molecule has 0 aliphatic carbocycles. The van der Waals surface area contributed by atoms with Crippen molar-refractivity contribution in [1.29, 1.82) is 0 Å². The van der Waals surface area contributed by atoms with Gasteiger partial charge in [-0.05, 0) is 36.4 Å². The lowest BCUT2D eigenvalue weighted by atomic mass is 10.2. The Labute approximate surface area is 159 Å². The largest absolute Gasteiger partial charge is 0.497 e. The molecule has 1 aromatic heterocycles. The number of ether oxygens (including phenoxy) is 2. The van der Waals surface area contributed by atoms with Crippen LogP contribution in [0.1, 0.15) is 6.42 Å². The minimum Gasteiger partial charge on any atom is -0.497 e. The number of carbonyl (C=O) groups is 1. The number of esters is 1. The van der Waals surface area contributed by atoms with Gasteiger partial charge < -0.3 is 9.47 Å². The molecule has 0 saturated carbocycles. The van der Waals surface area contributed by atoms with Gasteiger partial charge in [-0.25, -0.2) is 4.39 Å². The third-order valence-corrected chi connectivity index (χ3v) is 5.40. The van der Waals surface area contributed by atoms with E-state index in [4.69, 9.17) is 9.47 Å². The number of rotatable bonds is 5. The van der Waals surface area contributed by atoms with Crippen LogP contribution < -0.4 is 4.74 Å². The Hall–Kier alpha value is -2.87. The Morgan fingerprint density at radius 3 is 2.63 bits per heavy atom. The summed E-state index contributed by atoms with van der Waals surface area (Å²) in [5.41, 5.74) is 1.08. The number of benzene rings is 2. The van der Waals surface area contributed by atoms with Gasteiger partial charge in [0, 0.05) is 12.0 Å². The Bertz CT molecular complexity index is 975. The van der Waals surface area contributed by atoms with Gasteiger partial charge in [-0.3, -0.25) is 9.36 Å². The lowest BCUT2D eigenvalue weighted by molar-refractivity contribution is -0.137.